The molecular weight excluding hydrogens is 212 g/mol. The molecule has 0 aliphatic heterocycles. The summed E-state index contributed by atoms with van der Waals surface area (Å²) >= 11 is 0. The summed E-state index contributed by atoms with van der Waals surface area (Å²) in [7, 11) is 0. The van der Waals surface area contributed by atoms with Gasteiger partial charge in [-0.05, 0) is 37.4 Å². The maximum absolute atomic E-state index is 8.57. The second-order valence-electron chi connectivity index (χ2n) is 3.32. The molecule has 0 unspecified atom stereocenters. The van der Waals surface area contributed by atoms with E-state index < -0.39 is 0 Å². The number of aromatic nitrogens is 1. The zero-order chi connectivity index (χ0) is 10.1. The van der Waals surface area contributed by atoms with Crippen LogP contribution >= 0.6 is 12.4 Å². The van der Waals surface area contributed by atoms with Crippen LogP contribution in [-0.2, 0) is 6.54 Å². The highest BCUT2D eigenvalue weighted by Gasteiger charge is 1.91. The first-order valence-corrected chi connectivity index (χ1v) is 5.14. The molecule has 0 aliphatic carbocycles. The smallest absolute Gasteiger partial charge is 0.0431 e. The van der Waals surface area contributed by atoms with E-state index in [1.54, 1.807) is 6.20 Å². The van der Waals surface area contributed by atoms with Crippen LogP contribution in [0.25, 0.3) is 0 Å². The molecule has 0 amide bonds. The number of aliphatic hydroxyl groups excluding tert-OH is 1. The van der Waals surface area contributed by atoms with Crippen LogP contribution in [0.4, 0.5) is 0 Å². The number of nitrogens with one attached hydrogen (secondary N) is 1. The van der Waals surface area contributed by atoms with E-state index in [0.29, 0.717) is 6.61 Å². The molecule has 0 fully saturated rings. The van der Waals surface area contributed by atoms with Crippen molar-refractivity contribution in [2.45, 2.75) is 25.8 Å². The van der Waals surface area contributed by atoms with E-state index in [1.165, 1.54) is 5.56 Å². The van der Waals surface area contributed by atoms with Crippen molar-refractivity contribution in [3.63, 3.8) is 0 Å². The van der Waals surface area contributed by atoms with E-state index in [4.69, 9.17) is 5.11 Å². The van der Waals surface area contributed by atoms with Crippen LogP contribution in [0.3, 0.4) is 0 Å². The Morgan fingerprint density at radius 2 is 2.13 bits per heavy atom. The van der Waals surface area contributed by atoms with Gasteiger partial charge in [-0.3, -0.25) is 4.98 Å². The summed E-state index contributed by atoms with van der Waals surface area (Å²) < 4.78 is 0. The molecule has 0 spiro atoms. The summed E-state index contributed by atoms with van der Waals surface area (Å²) in [4.78, 5) is 4.04. The van der Waals surface area contributed by atoms with Gasteiger partial charge in [-0.1, -0.05) is 6.07 Å². The molecular formula is C11H19ClN2O. The molecule has 0 radical (unpaired) electrons. The normalized spacial score (nSPS) is 9.67. The average Bonchev–Trinajstić information content (AvgIpc) is 2.25. The van der Waals surface area contributed by atoms with Gasteiger partial charge in [-0.2, -0.15) is 0 Å². The van der Waals surface area contributed by atoms with Gasteiger partial charge in [0.25, 0.3) is 0 Å². The van der Waals surface area contributed by atoms with Crippen LogP contribution in [0.5, 0.6) is 0 Å². The summed E-state index contributed by atoms with van der Waals surface area (Å²) in [6.07, 6.45) is 6.79. The minimum absolute atomic E-state index is 0. The maximum Gasteiger partial charge on any atom is 0.0431 e. The van der Waals surface area contributed by atoms with Crippen molar-refractivity contribution in [3.8, 4) is 0 Å². The minimum atomic E-state index is 0. The lowest BCUT2D eigenvalue weighted by Crippen LogP contribution is -2.14. The summed E-state index contributed by atoms with van der Waals surface area (Å²) in [6, 6.07) is 4.01. The predicted molar refractivity (Wildman–Crippen MR) is 64.1 cm³/mol. The maximum atomic E-state index is 8.57. The van der Waals surface area contributed by atoms with Gasteiger partial charge in [0.1, 0.15) is 0 Å². The van der Waals surface area contributed by atoms with Crippen LogP contribution in [0.1, 0.15) is 24.8 Å². The number of rotatable bonds is 7. The van der Waals surface area contributed by atoms with Crippen molar-refractivity contribution in [2.75, 3.05) is 13.2 Å². The van der Waals surface area contributed by atoms with Crippen molar-refractivity contribution in [2.24, 2.45) is 0 Å². The Morgan fingerprint density at radius 3 is 2.80 bits per heavy atom. The molecule has 1 aromatic heterocycles. The summed E-state index contributed by atoms with van der Waals surface area (Å²) in [6.45, 7) is 2.20. The number of unbranched alkanes of at least 4 members (excludes halogenated alkanes) is 2. The monoisotopic (exact) mass is 230 g/mol. The standard InChI is InChI=1S/C11H18N2O.ClH/c14-8-3-1-2-6-12-9-11-5-4-7-13-10-11;/h4-5,7,10,12,14H,1-3,6,8-9H2;1H. The van der Waals surface area contributed by atoms with Crippen molar-refractivity contribution < 1.29 is 5.11 Å². The highest BCUT2D eigenvalue weighted by atomic mass is 35.5. The Hall–Kier alpha value is -0.640. The van der Waals surface area contributed by atoms with Crippen LogP contribution in [0.2, 0.25) is 0 Å². The highest BCUT2D eigenvalue weighted by molar-refractivity contribution is 5.85. The third kappa shape index (κ3) is 7.31. The van der Waals surface area contributed by atoms with Crippen molar-refractivity contribution >= 4 is 12.4 Å². The first kappa shape index (κ1) is 14.4. The van der Waals surface area contributed by atoms with Gasteiger partial charge in [0, 0.05) is 25.5 Å². The number of halogens is 1. The van der Waals surface area contributed by atoms with Gasteiger partial charge in [-0.25, -0.2) is 0 Å². The molecule has 86 valence electrons. The zero-order valence-electron chi connectivity index (χ0n) is 8.85. The number of pyridine rings is 1. The molecule has 0 saturated carbocycles. The second-order valence-corrected chi connectivity index (χ2v) is 3.32. The van der Waals surface area contributed by atoms with E-state index in [9.17, 15) is 0 Å². The van der Waals surface area contributed by atoms with E-state index in [0.717, 1.165) is 32.4 Å². The molecule has 0 atom stereocenters. The molecule has 3 nitrogen and oxygen atoms in total. The Morgan fingerprint density at radius 1 is 1.27 bits per heavy atom. The van der Waals surface area contributed by atoms with Gasteiger partial charge < -0.3 is 10.4 Å². The molecule has 1 aromatic rings. The van der Waals surface area contributed by atoms with Gasteiger partial charge >= 0.3 is 0 Å². The van der Waals surface area contributed by atoms with E-state index in [1.807, 2.05) is 12.3 Å². The summed E-state index contributed by atoms with van der Waals surface area (Å²) in [5, 5.41) is 11.9. The third-order valence-electron chi connectivity index (χ3n) is 2.06. The topological polar surface area (TPSA) is 45.1 Å². The largest absolute Gasteiger partial charge is 0.396 e. The average molecular weight is 231 g/mol. The number of hydrogen-bond acceptors (Lipinski definition) is 3. The predicted octanol–water partition coefficient (Wildman–Crippen LogP) is 1.76. The fourth-order valence-electron chi connectivity index (χ4n) is 1.27. The van der Waals surface area contributed by atoms with Gasteiger partial charge in [-0.15, -0.1) is 12.4 Å². The Balaban J connectivity index is 0.00000196. The van der Waals surface area contributed by atoms with Crippen molar-refractivity contribution in [1.29, 1.82) is 0 Å². The third-order valence-corrected chi connectivity index (χ3v) is 2.06. The van der Waals surface area contributed by atoms with Crippen molar-refractivity contribution in [1.82, 2.24) is 10.3 Å². The SMILES string of the molecule is Cl.OCCCCCNCc1cccnc1. The Kier molecular flexibility index (Phi) is 9.48. The van der Waals surface area contributed by atoms with Crippen molar-refractivity contribution in [3.05, 3.63) is 30.1 Å². The lowest BCUT2D eigenvalue weighted by Gasteiger charge is -2.03. The number of hydrogen-bond donors (Lipinski definition) is 2. The number of nitrogens with zero attached hydrogens (tertiary/aromatic N) is 1. The quantitative estimate of drug-likeness (QED) is 0.702. The highest BCUT2D eigenvalue weighted by Crippen LogP contribution is 1.96. The van der Waals surface area contributed by atoms with Crippen LogP contribution in [-0.4, -0.2) is 23.2 Å². The molecule has 0 aromatic carbocycles. The molecule has 15 heavy (non-hydrogen) atoms. The van der Waals surface area contributed by atoms with Gasteiger partial charge in [0.2, 0.25) is 0 Å². The minimum Gasteiger partial charge on any atom is -0.396 e. The molecule has 4 heteroatoms. The van der Waals surface area contributed by atoms with Crippen LogP contribution in [0, 0.1) is 0 Å². The lowest BCUT2D eigenvalue weighted by atomic mass is 10.2. The van der Waals surface area contributed by atoms with E-state index >= 15 is 0 Å². The molecule has 1 rings (SSSR count). The molecule has 2 N–H and O–H groups in total. The van der Waals surface area contributed by atoms with Crippen LogP contribution in [0.15, 0.2) is 24.5 Å². The Labute approximate surface area is 97.3 Å². The van der Waals surface area contributed by atoms with Crippen LogP contribution < -0.4 is 5.32 Å². The Bertz CT molecular complexity index is 231. The summed E-state index contributed by atoms with van der Waals surface area (Å²) in [5.74, 6) is 0. The fraction of sp³-hybridized carbons (Fsp3) is 0.545. The van der Waals surface area contributed by atoms with Gasteiger partial charge in [0.15, 0.2) is 0 Å². The second kappa shape index (κ2) is 9.90. The lowest BCUT2D eigenvalue weighted by molar-refractivity contribution is 0.283. The fourth-order valence-corrected chi connectivity index (χ4v) is 1.27. The first-order chi connectivity index (χ1) is 6.93. The molecule has 1 heterocycles. The van der Waals surface area contributed by atoms with Gasteiger partial charge in [0.05, 0.1) is 0 Å². The molecule has 0 bridgehead atoms. The zero-order valence-corrected chi connectivity index (χ0v) is 9.67. The number of aliphatic hydroxyl groups is 1. The first-order valence-electron chi connectivity index (χ1n) is 5.14. The molecule has 0 aliphatic rings. The molecule has 0 saturated heterocycles. The van der Waals surface area contributed by atoms with E-state index in [-0.39, 0.29) is 12.4 Å². The van der Waals surface area contributed by atoms with E-state index in [2.05, 4.69) is 16.4 Å². The summed E-state index contributed by atoms with van der Waals surface area (Å²) in [5.41, 5.74) is 1.22.